The molecule has 2 aromatic carbocycles. The average Bonchev–Trinajstić information content (AvgIpc) is 3.04. The molecule has 31 heavy (non-hydrogen) atoms. The lowest BCUT2D eigenvalue weighted by molar-refractivity contribution is -0.384. The molecule has 0 unspecified atom stereocenters. The van der Waals surface area contributed by atoms with Gasteiger partial charge in [0.05, 0.1) is 35.0 Å². The molecular formula is C21H20N4O6. The fourth-order valence-corrected chi connectivity index (χ4v) is 3.62. The first kappa shape index (κ1) is 20.6. The Morgan fingerprint density at radius 1 is 1.06 bits per heavy atom. The van der Waals surface area contributed by atoms with Crippen LogP contribution in [0.4, 0.5) is 11.4 Å². The van der Waals surface area contributed by atoms with Crippen molar-refractivity contribution in [1.29, 1.82) is 0 Å². The summed E-state index contributed by atoms with van der Waals surface area (Å²) in [6.45, 7) is 4.16. The lowest BCUT2D eigenvalue weighted by Gasteiger charge is -2.26. The molecule has 0 saturated carbocycles. The fraction of sp³-hybridized carbons (Fsp3) is 0.286. The van der Waals surface area contributed by atoms with Gasteiger partial charge >= 0.3 is 0 Å². The quantitative estimate of drug-likeness (QED) is 0.423. The van der Waals surface area contributed by atoms with Crippen LogP contribution in [-0.2, 0) is 4.74 Å². The van der Waals surface area contributed by atoms with Gasteiger partial charge in [-0.15, -0.1) is 0 Å². The lowest BCUT2D eigenvalue weighted by Crippen LogP contribution is -2.41. The molecule has 10 heteroatoms. The van der Waals surface area contributed by atoms with E-state index in [9.17, 15) is 24.5 Å². The molecule has 0 aliphatic carbocycles. The van der Waals surface area contributed by atoms with Crippen molar-refractivity contribution in [2.24, 2.45) is 0 Å². The molecule has 2 aromatic rings. The molecular weight excluding hydrogens is 404 g/mol. The van der Waals surface area contributed by atoms with Crippen LogP contribution in [-0.4, -0.2) is 66.9 Å². The van der Waals surface area contributed by atoms with Gasteiger partial charge in [0, 0.05) is 43.9 Å². The standard InChI is InChI=1S/C21H20N4O6/c26-19(22-6-7-23-8-10-31-11-9-23)14-2-1-3-15(12-14)24-20(27)17-5-4-16(25(29)30)13-18(17)21(24)28/h1-5,12-13H,6-11H2,(H,22,26). The second-order valence-corrected chi connectivity index (χ2v) is 7.19. The van der Waals surface area contributed by atoms with Crippen molar-refractivity contribution in [2.45, 2.75) is 0 Å². The maximum absolute atomic E-state index is 12.8. The number of morpholine rings is 1. The number of imide groups is 1. The average molecular weight is 424 g/mol. The Morgan fingerprint density at radius 2 is 1.81 bits per heavy atom. The summed E-state index contributed by atoms with van der Waals surface area (Å²) in [5.41, 5.74) is 0.336. The third kappa shape index (κ3) is 4.16. The van der Waals surface area contributed by atoms with Gasteiger partial charge < -0.3 is 10.1 Å². The van der Waals surface area contributed by atoms with E-state index < -0.39 is 16.7 Å². The highest BCUT2D eigenvalue weighted by molar-refractivity contribution is 6.34. The van der Waals surface area contributed by atoms with Crippen LogP contribution in [0.2, 0.25) is 0 Å². The number of carbonyl (C=O) groups excluding carboxylic acids is 3. The number of nitro groups is 1. The van der Waals surface area contributed by atoms with E-state index in [1.165, 1.54) is 18.2 Å². The normalized spacial score (nSPS) is 16.3. The van der Waals surface area contributed by atoms with E-state index in [-0.39, 0.29) is 28.4 Å². The first-order valence-electron chi connectivity index (χ1n) is 9.81. The number of ether oxygens (including phenoxy) is 1. The van der Waals surface area contributed by atoms with E-state index in [0.29, 0.717) is 31.9 Å². The third-order valence-corrected chi connectivity index (χ3v) is 5.26. The number of hydrogen-bond donors (Lipinski definition) is 1. The van der Waals surface area contributed by atoms with Crippen LogP contribution in [0, 0.1) is 10.1 Å². The molecule has 2 heterocycles. The van der Waals surface area contributed by atoms with E-state index in [4.69, 9.17) is 4.74 Å². The minimum Gasteiger partial charge on any atom is -0.379 e. The summed E-state index contributed by atoms with van der Waals surface area (Å²) in [7, 11) is 0. The zero-order valence-electron chi connectivity index (χ0n) is 16.6. The van der Waals surface area contributed by atoms with Crippen molar-refractivity contribution in [3.05, 3.63) is 69.3 Å². The summed E-state index contributed by atoms with van der Waals surface area (Å²) in [5, 5.41) is 13.8. The molecule has 0 spiro atoms. The number of non-ortho nitro benzene ring substituents is 1. The minimum atomic E-state index is -0.659. The second kappa shape index (κ2) is 8.62. The molecule has 3 amide bonds. The number of fused-ring (bicyclic) bond motifs is 1. The van der Waals surface area contributed by atoms with E-state index in [1.54, 1.807) is 18.2 Å². The summed E-state index contributed by atoms with van der Waals surface area (Å²) in [6.07, 6.45) is 0. The van der Waals surface area contributed by atoms with Crippen molar-refractivity contribution in [2.75, 3.05) is 44.3 Å². The van der Waals surface area contributed by atoms with E-state index in [2.05, 4.69) is 10.2 Å². The monoisotopic (exact) mass is 424 g/mol. The Hall–Kier alpha value is -3.63. The lowest BCUT2D eigenvalue weighted by atomic mass is 10.1. The van der Waals surface area contributed by atoms with Crippen LogP contribution < -0.4 is 10.2 Å². The van der Waals surface area contributed by atoms with E-state index >= 15 is 0 Å². The number of nitro benzene ring substituents is 1. The van der Waals surface area contributed by atoms with Crippen LogP contribution in [0.5, 0.6) is 0 Å². The van der Waals surface area contributed by atoms with Crippen LogP contribution in [0.15, 0.2) is 42.5 Å². The van der Waals surface area contributed by atoms with Gasteiger partial charge in [-0.1, -0.05) is 6.07 Å². The van der Waals surface area contributed by atoms with Crippen molar-refractivity contribution >= 4 is 29.1 Å². The Kier molecular flexibility index (Phi) is 5.74. The molecule has 160 valence electrons. The molecule has 1 N–H and O–H groups in total. The topological polar surface area (TPSA) is 122 Å². The molecule has 4 rings (SSSR count). The summed E-state index contributed by atoms with van der Waals surface area (Å²) < 4.78 is 5.30. The van der Waals surface area contributed by atoms with Crippen LogP contribution in [0.25, 0.3) is 0 Å². The Bertz CT molecular complexity index is 1060. The molecule has 1 fully saturated rings. The SMILES string of the molecule is O=C(NCCN1CCOCC1)c1cccc(N2C(=O)c3ccc([N+](=O)[O-])cc3C2=O)c1. The van der Waals surface area contributed by atoms with Gasteiger partial charge in [0.2, 0.25) is 0 Å². The summed E-state index contributed by atoms with van der Waals surface area (Å²) in [5.74, 6) is -1.56. The molecule has 0 aromatic heterocycles. The van der Waals surface area contributed by atoms with Crippen molar-refractivity contribution < 1.29 is 24.0 Å². The third-order valence-electron chi connectivity index (χ3n) is 5.26. The first-order valence-corrected chi connectivity index (χ1v) is 9.81. The van der Waals surface area contributed by atoms with Crippen LogP contribution in [0.1, 0.15) is 31.1 Å². The predicted octanol–water partition coefficient (Wildman–Crippen LogP) is 1.46. The van der Waals surface area contributed by atoms with Crippen LogP contribution >= 0.6 is 0 Å². The maximum Gasteiger partial charge on any atom is 0.270 e. The molecule has 0 radical (unpaired) electrons. The number of amides is 3. The second-order valence-electron chi connectivity index (χ2n) is 7.19. The Morgan fingerprint density at radius 3 is 2.55 bits per heavy atom. The highest BCUT2D eigenvalue weighted by atomic mass is 16.6. The van der Waals surface area contributed by atoms with Gasteiger partial charge in [-0.05, 0) is 24.3 Å². The molecule has 10 nitrogen and oxygen atoms in total. The predicted molar refractivity (Wildman–Crippen MR) is 110 cm³/mol. The number of hydrogen-bond acceptors (Lipinski definition) is 7. The minimum absolute atomic E-state index is 0.0282. The summed E-state index contributed by atoms with van der Waals surface area (Å²) >= 11 is 0. The number of rotatable bonds is 6. The highest BCUT2D eigenvalue weighted by Gasteiger charge is 2.38. The Labute approximate surface area is 177 Å². The van der Waals surface area contributed by atoms with Crippen LogP contribution in [0.3, 0.4) is 0 Å². The van der Waals surface area contributed by atoms with Gasteiger partial charge in [0.25, 0.3) is 23.4 Å². The number of carbonyl (C=O) groups is 3. The summed E-state index contributed by atoms with van der Waals surface area (Å²) in [6, 6.07) is 9.73. The zero-order valence-corrected chi connectivity index (χ0v) is 16.6. The van der Waals surface area contributed by atoms with Gasteiger partial charge in [0.15, 0.2) is 0 Å². The number of benzene rings is 2. The molecule has 2 aliphatic rings. The molecule has 0 atom stereocenters. The smallest absolute Gasteiger partial charge is 0.270 e. The van der Waals surface area contributed by atoms with E-state index in [1.807, 2.05) is 0 Å². The zero-order chi connectivity index (χ0) is 22.0. The largest absolute Gasteiger partial charge is 0.379 e. The van der Waals surface area contributed by atoms with Gasteiger partial charge in [-0.2, -0.15) is 0 Å². The number of anilines is 1. The van der Waals surface area contributed by atoms with Crippen molar-refractivity contribution in [3.63, 3.8) is 0 Å². The van der Waals surface area contributed by atoms with Crippen molar-refractivity contribution in [3.8, 4) is 0 Å². The maximum atomic E-state index is 12.8. The summed E-state index contributed by atoms with van der Waals surface area (Å²) in [4.78, 5) is 51.5. The molecule has 0 bridgehead atoms. The number of nitrogens with zero attached hydrogens (tertiary/aromatic N) is 3. The van der Waals surface area contributed by atoms with Crippen molar-refractivity contribution in [1.82, 2.24) is 10.2 Å². The van der Waals surface area contributed by atoms with Gasteiger partial charge in [-0.25, -0.2) is 4.90 Å². The fourth-order valence-electron chi connectivity index (χ4n) is 3.62. The molecule has 1 saturated heterocycles. The van der Waals surface area contributed by atoms with Gasteiger partial charge in [-0.3, -0.25) is 29.4 Å². The number of nitrogens with one attached hydrogen (secondary N) is 1. The first-order chi connectivity index (χ1) is 15.0. The highest BCUT2D eigenvalue weighted by Crippen LogP contribution is 2.31. The van der Waals surface area contributed by atoms with E-state index in [0.717, 1.165) is 24.1 Å². The molecule has 2 aliphatic heterocycles. The van der Waals surface area contributed by atoms with Gasteiger partial charge in [0.1, 0.15) is 0 Å². The Balaban J connectivity index is 1.47.